The van der Waals surface area contributed by atoms with Crippen molar-refractivity contribution in [3.8, 4) is 11.8 Å². The van der Waals surface area contributed by atoms with Crippen molar-refractivity contribution in [1.82, 2.24) is 14.1 Å². The summed E-state index contributed by atoms with van der Waals surface area (Å²) in [5.74, 6) is -0.432. The summed E-state index contributed by atoms with van der Waals surface area (Å²) in [6.45, 7) is 2.37. The number of carboxylic acids is 1. The highest BCUT2D eigenvalue weighted by molar-refractivity contribution is 7.89. The van der Waals surface area contributed by atoms with Crippen LogP contribution in [0.4, 0.5) is 0 Å². The molecule has 0 bridgehead atoms. The Morgan fingerprint density at radius 1 is 1.25 bits per heavy atom. The lowest BCUT2D eigenvalue weighted by Gasteiger charge is -2.19. The zero-order valence-electron chi connectivity index (χ0n) is 17.4. The second-order valence-electron chi connectivity index (χ2n) is 7.49. The van der Waals surface area contributed by atoms with Crippen LogP contribution in [0.1, 0.15) is 25.1 Å². The maximum atomic E-state index is 13.3. The third kappa shape index (κ3) is 3.92. The zero-order valence-corrected chi connectivity index (χ0v) is 18.2. The van der Waals surface area contributed by atoms with Crippen molar-refractivity contribution in [1.29, 1.82) is 5.26 Å². The van der Waals surface area contributed by atoms with E-state index in [9.17, 15) is 23.6 Å². The van der Waals surface area contributed by atoms with E-state index in [4.69, 9.17) is 4.74 Å². The van der Waals surface area contributed by atoms with Gasteiger partial charge in [0.15, 0.2) is 0 Å². The Labute approximate surface area is 185 Å². The second kappa shape index (κ2) is 8.61. The molecule has 1 N–H and O–H groups in total. The van der Waals surface area contributed by atoms with Crippen LogP contribution in [0.25, 0.3) is 10.9 Å². The Kier molecular flexibility index (Phi) is 5.86. The fourth-order valence-electron chi connectivity index (χ4n) is 4.06. The van der Waals surface area contributed by atoms with E-state index < -0.39 is 28.1 Å². The average Bonchev–Trinajstić information content (AvgIpc) is 3.36. The highest BCUT2D eigenvalue weighted by atomic mass is 32.2. The molecule has 166 valence electrons. The Morgan fingerprint density at radius 3 is 2.62 bits per heavy atom. The number of benzene rings is 2. The van der Waals surface area contributed by atoms with Crippen molar-refractivity contribution in [3.05, 3.63) is 54.2 Å². The van der Waals surface area contributed by atoms with Gasteiger partial charge in [-0.05, 0) is 37.3 Å². The number of aliphatic carboxylic acids is 1. The van der Waals surface area contributed by atoms with Gasteiger partial charge in [-0.2, -0.15) is 14.7 Å². The molecule has 1 aliphatic rings. The summed E-state index contributed by atoms with van der Waals surface area (Å²) < 4.78 is 34.8. The van der Waals surface area contributed by atoms with Gasteiger partial charge < -0.3 is 9.84 Å². The van der Waals surface area contributed by atoms with Crippen LogP contribution in [-0.2, 0) is 21.2 Å². The molecule has 3 aromatic rings. The second-order valence-corrected chi connectivity index (χ2v) is 9.38. The molecular weight excluding hydrogens is 432 g/mol. The van der Waals surface area contributed by atoms with Crippen LogP contribution in [0.5, 0.6) is 5.75 Å². The minimum Gasteiger partial charge on any atom is -0.494 e. The van der Waals surface area contributed by atoms with E-state index >= 15 is 0 Å². The Bertz CT molecular complexity index is 1290. The van der Waals surface area contributed by atoms with E-state index in [-0.39, 0.29) is 24.3 Å². The van der Waals surface area contributed by atoms with Crippen molar-refractivity contribution < 1.29 is 23.1 Å². The minimum absolute atomic E-state index is 0.0615. The van der Waals surface area contributed by atoms with Crippen molar-refractivity contribution in [3.63, 3.8) is 0 Å². The van der Waals surface area contributed by atoms with Gasteiger partial charge in [-0.1, -0.05) is 18.2 Å². The Hall–Kier alpha value is -3.42. The maximum absolute atomic E-state index is 13.3. The first-order valence-corrected chi connectivity index (χ1v) is 11.6. The third-order valence-corrected chi connectivity index (χ3v) is 7.37. The summed E-state index contributed by atoms with van der Waals surface area (Å²) >= 11 is 0. The van der Waals surface area contributed by atoms with Gasteiger partial charge in [-0.3, -0.25) is 9.48 Å². The van der Waals surface area contributed by atoms with Gasteiger partial charge in [-0.15, -0.1) is 0 Å². The van der Waals surface area contributed by atoms with E-state index in [2.05, 4.69) is 11.2 Å². The molecule has 0 spiro atoms. The van der Waals surface area contributed by atoms with Crippen LogP contribution in [0.2, 0.25) is 0 Å². The lowest BCUT2D eigenvalue weighted by molar-refractivity contribution is -0.136. The van der Waals surface area contributed by atoms with Crippen LogP contribution in [-0.4, -0.2) is 52.8 Å². The fraction of sp³-hybridized carbons (Fsp3) is 0.318. The number of nitriles is 1. The summed E-state index contributed by atoms with van der Waals surface area (Å²) in [5.41, 5.74) is 1.13. The number of carbonyl (C=O) groups is 1. The molecule has 10 heteroatoms. The van der Waals surface area contributed by atoms with Crippen molar-refractivity contribution in [2.24, 2.45) is 0 Å². The molecule has 0 radical (unpaired) electrons. The topological polar surface area (TPSA) is 126 Å². The van der Waals surface area contributed by atoms with Crippen molar-refractivity contribution in [2.45, 2.75) is 36.7 Å². The number of fused-ring (bicyclic) bond motifs is 1. The number of aromatic nitrogens is 2. The first-order chi connectivity index (χ1) is 15.3. The Balaban J connectivity index is 1.68. The number of para-hydroxylation sites is 1. The number of hydrogen-bond acceptors (Lipinski definition) is 6. The van der Waals surface area contributed by atoms with E-state index in [1.54, 1.807) is 28.9 Å². The summed E-state index contributed by atoms with van der Waals surface area (Å²) in [6.07, 6.45) is 0.0149. The van der Waals surface area contributed by atoms with Crippen molar-refractivity contribution >= 4 is 26.9 Å². The summed E-state index contributed by atoms with van der Waals surface area (Å²) in [6, 6.07) is 14.2. The predicted octanol–water partition coefficient (Wildman–Crippen LogP) is 2.59. The molecular formula is C22H22N4O5S. The number of rotatable bonds is 7. The minimum atomic E-state index is -3.92. The first-order valence-electron chi connectivity index (χ1n) is 10.2. The van der Waals surface area contributed by atoms with Crippen LogP contribution >= 0.6 is 0 Å². The van der Waals surface area contributed by atoms with Gasteiger partial charge in [0.1, 0.15) is 11.8 Å². The molecule has 0 amide bonds. The molecule has 0 unspecified atom stereocenters. The molecule has 2 aromatic carbocycles. The molecule has 0 aliphatic carbocycles. The van der Waals surface area contributed by atoms with Gasteiger partial charge >= 0.3 is 5.97 Å². The summed E-state index contributed by atoms with van der Waals surface area (Å²) in [7, 11) is -3.92. The number of hydrogen-bond donors (Lipinski definition) is 1. The molecule has 4 rings (SSSR count). The average molecular weight is 455 g/mol. The third-order valence-electron chi connectivity index (χ3n) is 5.48. The Morgan fingerprint density at radius 2 is 1.97 bits per heavy atom. The molecule has 1 aliphatic heterocycles. The normalized spacial score (nSPS) is 19.1. The summed E-state index contributed by atoms with van der Waals surface area (Å²) in [4.78, 5) is 11.3. The van der Waals surface area contributed by atoms with Crippen LogP contribution in [0, 0.1) is 11.3 Å². The number of sulfonamides is 1. The van der Waals surface area contributed by atoms with Crippen molar-refractivity contribution in [2.75, 3.05) is 13.2 Å². The lowest BCUT2D eigenvalue weighted by atomic mass is 10.1. The highest BCUT2D eigenvalue weighted by Gasteiger charge is 2.42. The highest BCUT2D eigenvalue weighted by Crippen LogP contribution is 2.35. The summed E-state index contributed by atoms with van der Waals surface area (Å²) in [5, 5.41) is 24.1. The molecule has 1 aromatic heterocycles. The maximum Gasteiger partial charge on any atom is 0.309 e. The molecule has 1 saturated heterocycles. The lowest BCUT2D eigenvalue weighted by Crippen LogP contribution is -2.35. The quantitative estimate of drug-likeness (QED) is 0.581. The molecule has 0 saturated carbocycles. The van der Waals surface area contributed by atoms with Gasteiger partial charge in [0, 0.05) is 18.4 Å². The zero-order chi connectivity index (χ0) is 22.9. The van der Waals surface area contributed by atoms with Gasteiger partial charge in [0.25, 0.3) is 0 Å². The predicted molar refractivity (Wildman–Crippen MR) is 116 cm³/mol. The largest absolute Gasteiger partial charge is 0.494 e. The molecule has 2 heterocycles. The van der Waals surface area contributed by atoms with Crippen LogP contribution in [0.15, 0.2) is 53.4 Å². The van der Waals surface area contributed by atoms with E-state index in [1.165, 1.54) is 16.4 Å². The molecule has 32 heavy (non-hydrogen) atoms. The van der Waals surface area contributed by atoms with Crippen LogP contribution < -0.4 is 4.74 Å². The molecule has 2 atom stereocenters. The monoisotopic (exact) mass is 454 g/mol. The smallest absolute Gasteiger partial charge is 0.309 e. The SMILES string of the molecule is CCOc1ccc(S(=O)(=O)N2C[C@H](n3nc(CC(=O)O)c4ccccc43)C[C@@H]2C#N)cc1. The van der Waals surface area contributed by atoms with Gasteiger partial charge in [0.2, 0.25) is 10.0 Å². The number of carboxylic acid groups (broad SMARTS) is 1. The number of nitrogens with zero attached hydrogens (tertiary/aromatic N) is 4. The molecule has 1 fully saturated rings. The van der Waals surface area contributed by atoms with E-state index in [1.807, 2.05) is 19.1 Å². The standard InChI is InChI=1S/C22H22N4O5S/c1-2-31-17-7-9-18(10-8-17)32(29,30)25-14-16(11-15(25)13-23)26-21-6-4-3-5-19(21)20(24-26)12-22(27)28/h3-10,15-16H,2,11-12,14H2,1H3,(H,27,28)/t15-,16-/m1/s1. The number of ether oxygens (including phenoxy) is 1. The van der Waals surface area contributed by atoms with E-state index in [0.717, 1.165) is 0 Å². The van der Waals surface area contributed by atoms with Crippen LogP contribution in [0.3, 0.4) is 0 Å². The van der Waals surface area contributed by atoms with E-state index in [0.29, 0.717) is 29.0 Å². The van der Waals surface area contributed by atoms with Gasteiger partial charge in [-0.25, -0.2) is 8.42 Å². The van der Waals surface area contributed by atoms with Gasteiger partial charge in [0.05, 0.1) is 41.2 Å². The first kappa shape index (κ1) is 21.8. The fourth-order valence-corrected chi connectivity index (χ4v) is 5.65. The molecule has 9 nitrogen and oxygen atoms in total.